The van der Waals surface area contributed by atoms with Gasteiger partial charge in [0.1, 0.15) is 0 Å². The highest BCUT2D eigenvalue weighted by Gasteiger charge is 2.17. The SMILES string of the molecule is O=C(NCCN1CCN(c2ccc(Cl)cc2)CC1)c1nc2ccccc2s1. The molecule has 2 aromatic carbocycles. The molecule has 7 heteroatoms. The van der Waals surface area contributed by atoms with Gasteiger partial charge in [0.25, 0.3) is 5.91 Å². The van der Waals surface area contributed by atoms with E-state index >= 15 is 0 Å². The molecule has 1 aromatic heterocycles. The van der Waals surface area contributed by atoms with Crippen molar-refractivity contribution in [2.45, 2.75) is 0 Å². The smallest absolute Gasteiger partial charge is 0.280 e. The second kappa shape index (κ2) is 8.25. The summed E-state index contributed by atoms with van der Waals surface area (Å²) in [5, 5.41) is 4.29. The van der Waals surface area contributed by atoms with Gasteiger partial charge in [0.2, 0.25) is 0 Å². The third kappa shape index (κ3) is 4.40. The standard InChI is InChI=1S/C20H21ClN4OS/c21-15-5-7-16(8-6-15)25-13-11-24(12-14-25)10-9-22-19(26)20-23-17-3-1-2-4-18(17)27-20/h1-8H,9-14H2,(H,22,26). The second-order valence-corrected chi connectivity index (χ2v) is 8.01. The minimum absolute atomic E-state index is 0.0870. The lowest BCUT2D eigenvalue weighted by Gasteiger charge is -2.36. The molecular weight excluding hydrogens is 380 g/mol. The van der Waals surface area contributed by atoms with Crippen molar-refractivity contribution < 1.29 is 4.79 Å². The van der Waals surface area contributed by atoms with Gasteiger partial charge in [-0.15, -0.1) is 11.3 Å². The highest BCUT2D eigenvalue weighted by molar-refractivity contribution is 7.20. The number of carbonyl (C=O) groups is 1. The normalized spacial score (nSPS) is 15.2. The Hall–Kier alpha value is -2.15. The van der Waals surface area contributed by atoms with Gasteiger partial charge in [-0.1, -0.05) is 23.7 Å². The van der Waals surface area contributed by atoms with E-state index in [4.69, 9.17) is 11.6 Å². The van der Waals surface area contributed by atoms with Gasteiger partial charge in [-0.25, -0.2) is 4.98 Å². The zero-order chi connectivity index (χ0) is 18.6. The Kier molecular flexibility index (Phi) is 5.57. The Balaban J connectivity index is 1.23. The average molecular weight is 401 g/mol. The summed E-state index contributed by atoms with van der Waals surface area (Å²) in [4.78, 5) is 21.5. The lowest BCUT2D eigenvalue weighted by molar-refractivity contribution is 0.0947. The van der Waals surface area contributed by atoms with Crippen LogP contribution in [0.2, 0.25) is 5.02 Å². The van der Waals surface area contributed by atoms with Crippen molar-refractivity contribution >= 4 is 44.7 Å². The van der Waals surface area contributed by atoms with Crippen molar-refractivity contribution in [1.82, 2.24) is 15.2 Å². The molecule has 5 nitrogen and oxygen atoms in total. The molecule has 4 rings (SSSR count). The first-order valence-corrected chi connectivity index (χ1v) is 10.3. The molecule has 1 N–H and O–H groups in total. The van der Waals surface area contributed by atoms with Crippen LogP contribution in [0.15, 0.2) is 48.5 Å². The molecule has 0 unspecified atom stereocenters. The number of piperazine rings is 1. The van der Waals surface area contributed by atoms with E-state index in [1.54, 1.807) is 0 Å². The number of carbonyl (C=O) groups excluding carboxylic acids is 1. The summed E-state index contributed by atoms with van der Waals surface area (Å²) in [7, 11) is 0. The summed E-state index contributed by atoms with van der Waals surface area (Å²) in [6.45, 7) is 5.42. The van der Waals surface area contributed by atoms with Gasteiger partial charge in [-0.3, -0.25) is 9.69 Å². The third-order valence-corrected chi connectivity index (χ3v) is 6.05. The highest BCUT2D eigenvalue weighted by atomic mass is 35.5. The summed E-state index contributed by atoms with van der Waals surface area (Å²) < 4.78 is 1.04. The van der Waals surface area contributed by atoms with Crippen molar-refractivity contribution in [3.8, 4) is 0 Å². The summed E-state index contributed by atoms with van der Waals surface area (Å²) in [6.07, 6.45) is 0. The summed E-state index contributed by atoms with van der Waals surface area (Å²) in [5.41, 5.74) is 2.09. The summed E-state index contributed by atoms with van der Waals surface area (Å²) in [5.74, 6) is -0.0870. The van der Waals surface area contributed by atoms with Gasteiger partial charge in [0, 0.05) is 50.0 Å². The number of hydrogen-bond acceptors (Lipinski definition) is 5. The van der Waals surface area contributed by atoms with Crippen LogP contribution in [0.4, 0.5) is 5.69 Å². The predicted octanol–water partition coefficient (Wildman–Crippen LogP) is 3.50. The molecule has 0 saturated carbocycles. The maximum Gasteiger partial charge on any atom is 0.280 e. The number of hydrogen-bond donors (Lipinski definition) is 1. The fourth-order valence-electron chi connectivity index (χ4n) is 3.25. The van der Waals surface area contributed by atoms with E-state index in [9.17, 15) is 4.79 Å². The molecule has 1 amide bonds. The topological polar surface area (TPSA) is 48.5 Å². The van der Waals surface area contributed by atoms with E-state index in [-0.39, 0.29) is 5.91 Å². The first kappa shape index (κ1) is 18.2. The number of nitrogens with one attached hydrogen (secondary N) is 1. The molecule has 27 heavy (non-hydrogen) atoms. The van der Waals surface area contributed by atoms with E-state index in [1.807, 2.05) is 36.4 Å². The number of anilines is 1. The molecule has 1 aliphatic rings. The molecule has 0 atom stereocenters. The molecule has 0 bridgehead atoms. The number of benzene rings is 2. The highest BCUT2D eigenvalue weighted by Crippen LogP contribution is 2.21. The minimum atomic E-state index is -0.0870. The van der Waals surface area contributed by atoms with Crippen LogP contribution in [0.3, 0.4) is 0 Å². The molecule has 0 aliphatic carbocycles. The number of thiazole rings is 1. The van der Waals surface area contributed by atoms with Crippen LogP contribution in [0.1, 0.15) is 9.80 Å². The van der Waals surface area contributed by atoms with Crippen LogP contribution in [-0.4, -0.2) is 55.1 Å². The maximum absolute atomic E-state index is 12.3. The fraction of sp³-hybridized carbons (Fsp3) is 0.300. The minimum Gasteiger partial charge on any atom is -0.369 e. The first-order chi connectivity index (χ1) is 13.2. The average Bonchev–Trinajstić information content (AvgIpc) is 3.14. The number of nitrogens with zero attached hydrogens (tertiary/aromatic N) is 3. The largest absolute Gasteiger partial charge is 0.369 e. The third-order valence-electron chi connectivity index (χ3n) is 4.77. The van der Waals surface area contributed by atoms with Gasteiger partial charge >= 0.3 is 0 Å². The maximum atomic E-state index is 12.3. The predicted molar refractivity (Wildman–Crippen MR) is 112 cm³/mol. The van der Waals surface area contributed by atoms with Crippen molar-refractivity contribution in [2.75, 3.05) is 44.2 Å². The van der Waals surface area contributed by atoms with Gasteiger partial charge in [0.15, 0.2) is 5.01 Å². The number of para-hydroxylation sites is 1. The molecule has 0 spiro atoms. The van der Waals surface area contributed by atoms with Gasteiger partial charge in [0.05, 0.1) is 10.2 Å². The fourth-order valence-corrected chi connectivity index (χ4v) is 4.26. The van der Waals surface area contributed by atoms with Crippen LogP contribution < -0.4 is 10.2 Å². The zero-order valence-electron chi connectivity index (χ0n) is 14.9. The van der Waals surface area contributed by atoms with Gasteiger partial charge in [-0.05, 0) is 36.4 Å². The molecule has 140 valence electrons. The molecule has 1 saturated heterocycles. The molecule has 3 aromatic rings. The number of fused-ring (bicyclic) bond motifs is 1. The Morgan fingerprint density at radius 2 is 1.81 bits per heavy atom. The Bertz CT molecular complexity index is 886. The van der Waals surface area contributed by atoms with Crippen LogP contribution in [-0.2, 0) is 0 Å². The van der Waals surface area contributed by atoms with E-state index in [0.29, 0.717) is 11.6 Å². The Morgan fingerprint density at radius 1 is 1.07 bits per heavy atom. The van der Waals surface area contributed by atoms with Crippen molar-refractivity contribution in [1.29, 1.82) is 0 Å². The second-order valence-electron chi connectivity index (χ2n) is 6.55. The van der Waals surface area contributed by atoms with E-state index in [0.717, 1.165) is 48.0 Å². The molecule has 1 aliphatic heterocycles. The van der Waals surface area contributed by atoms with Gasteiger partial charge < -0.3 is 10.2 Å². The monoisotopic (exact) mass is 400 g/mol. The van der Waals surface area contributed by atoms with Crippen molar-refractivity contribution in [2.24, 2.45) is 0 Å². The van der Waals surface area contributed by atoms with Crippen molar-refractivity contribution in [3.05, 3.63) is 58.6 Å². The van der Waals surface area contributed by atoms with Crippen LogP contribution >= 0.6 is 22.9 Å². The van der Waals surface area contributed by atoms with Crippen molar-refractivity contribution in [3.63, 3.8) is 0 Å². The lowest BCUT2D eigenvalue weighted by atomic mass is 10.2. The summed E-state index contributed by atoms with van der Waals surface area (Å²) >= 11 is 7.40. The quantitative estimate of drug-likeness (QED) is 0.712. The molecular formula is C20H21ClN4OS. The van der Waals surface area contributed by atoms with Crippen LogP contribution in [0.25, 0.3) is 10.2 Å². The Labute approximate surface area is 167 Å². The number of rotatable bonds is 5. The number of halogens is 1. The van der Waals surface area contributed by atoms with E-state index in [1.165, 1.54) is 17.0 Å². The van der Waals surface area contributed by atoms with E-state index < -0.39 is 0 Å². The first-order valence-electron chi connectivity index (χ1n) is 9.06. The zero-order valence-corrected chi connectivity index (χ0v) is 16.5. The summed E-state index contributed by atoms with van der Waals surface area (Å²) in [6, 6.07) is 15.8. The van der Waals surface area contributed by atoms with Crippen LogP contribution in [0, 0.1) is 0 Å². The number of amides is 1. The molecule has 0 radical (unpaired) electrons. The van der Waals surface area contributed by atoms with Crippen LogP contribution in [0.5, 0.6) is 0 Å². The Morgan fingerprint density at radius 3 is 2.56 bits per heavy atom. The lowest BCUT2D eigenvalue weighted by Crippen LogP contribution is -2.48. The number of aromatic nitrogens is 1. The van der Waals surface area contributed by atoms with Gasteiger partial charge in [-0.2, -0.15) is 0 Å². The molecule has 1 fully saturated rings. The van der Waals surface area contributed by atoms with E-state index in [2.05, 4.69) is 32.2 Å². The molecule has 2 heterocycles.